The van der Waals surface area contributed by atoms with Gasteiger partial charge in [0.25, 0.3) is 0 Å². The van der Waals surface area contributed by atoms with Gasteiger partial charge in [-0.15, -0.1) is 0 Å². The van der Waals surface area contributed by atoms with Crippen LogP contribution in [0.1, 0.15) is 6.92 Å². The number of hydrogen-bond acceptors (Lipinski definition) is 2. The van der Waals surface area contributed by atoms with Gasteiger partial charge in [0, 0.05) is 19.5 Å². The van der Waals surface area contributed by atoms with Crippen LogP contribution in [0.15, 0.2) is 0 Å². The van der Waals surface area contributed by atoms with Gasteiger partial charge in [0.05, 0.1) is 0 Å². The molecule has 0 aliphatic carbocycles. The first-order chi connectivity index (χ1) is 4.15. The maximum atomic E-state index is 10.2. The van der Waals surface area contributed by atoms with Crippen LogP contribution in [-0.4, -0.2) is 25.0 Å². The minimum atomic E-state index is -4.64. The van der Waals surface area contributed by atoms with Crippen molar-refractivity contribution in [2.75, 3.05) is 0 Å². The van der Waals surface area contributed by atoms with Gasteiger partial charge in [0.15, 0.2) is 5.40 Å². The molecule has 0 aromatic rings. The molecular weight excluding hydrogens is 247 g/mol. The van der Waals surface area contributed by atoms with Crippen LogP contribution in [0.25, 0.3) is 0 Å². The van der Waals surface area contributed by atoms with E-state index in [0.29, 0.717) is 0 Å². The van der Waals surface area contributed by atoms with E-state index in [4.69, 9.17) is 19.6 Å². The Kier molecular flexibility index (Phi) is 5.57. The zero-order chi connectivity index (χ0) is 8.58. The van der Waals surface area contributed by atoms with Gasteiger partial charge in [-0.2, -0.15) is 0 Å². The summed E-state index contributed by atoms with van der Waals surface area (Å²) < 4.78 is 20.4. The van der Waals surface area contributed by atoms with E-state index in [0.717, 1.165) is 6.92 Å². The maximum absolute atomic E-state index is 10.2. The molecular formula is C2H8O6P2Zn. The molecule has 0 aromatic heterocycles. The molecule has 0 radical (unpaired) electrons. The fraction of sp³-hybridized carbons (Fsp3) is 1.00. The molecule has 0 bridgehead atoms. The second-order valence-electron chi connectivity index (χ2n) is 1.81. The van der Waals surface area contributed by atoms with Crippen LogP contribution in [0.5, 0.6) is 0 Å². The van der Waals surface area contributed by atoms with Gasteiger partial charge in [-0.3, -0.25) is 9.13 Å². The van der Waals surface area contributed by atoms with Gasteiger partial charge < -0.3 is 19.6 Å². The third-order valence-corrected chi connectivity index (χ3v) is 4.73. The van der Waals surface area contributed by atoms with Crippen LogP contribution in [0, 0.1) is 0 Å². The summed E-state index contributed by atoms with van der Waals surface area (Å²) in [6.45, 7) is 0.807. The van der Waals surface area contributed by atoms with Crippen molar-refractivity contribution in [1.29, 1.82) is 0 Å². The van der Waals surface area contributed by atoms with E-state index < -0.39 is 20.6 Å². The van der Waals surface area contributed by atoms with Crippen LogP contribution in [0.2, 0.25) is 0 Å². The minimum absolute atomic E-state index is 0. The SMILES string of the molecule is CC(P(=O)(O)O)P(=O)(O)O.[Zn]. The summed E-state index contributed by atoms with van der Waals surface area (Å²) in [5.41, 5.74) is 0. The Balaban J connectivity index is 0. The van der Waals surface area contributed by atoms with Crippen molar-refractivity contribution in [2.45, 2.75) is 12.3 Å². The molecule has 6 nitrogen and oxygen atoms in total. The standard InChI is InChI=1S/C2H8O6P2.Zn/c1-2(9(3,4)5)10(6,7)8;/h2H,1H3,(H2,3,4,5)(H2,6,7,8);. The molecule has 0 heterocycles. The van der Waals surface area contributed by atoms with E-state index in [1.807, 2.05) is 0 Å². The maximum Gasteiger partial charge on any atom is 0.340 e. The van der Waals surface area contributed by atoms with Crippen molar-refractivity contribution in [1.82, 2.24) is 0 Å². The first-order valence-electron chi connectivity index (χ1n) is 2.26. The Morgan fingerprint density at radius 3 is 1.18 bits per heavy atom. The summed E-state index contributed by atoms with van der Waals surface area (Å²) in [5.74, 6) is 0. The molecule has 0 aliphatic heterocycles. The summed E-state index contributed by atoms with van der Waals surface area (Å²) in [6.07, 6.45) is 0. The van der Waals surface area contributed by atoms with Crippen LogP contribution >= 0.6 is 15.2 Å². The van der Waals surface area contributed by atoms with E-state index >= 15 is 0 Å². The van der Waals surface area contributed by atoms with Crippen LogP contribution in [-0.2, 0) is 28.6 Å². The second-order valence-corrected chi connectivity index (χ2v) is 6.12. The third kappa shape index (κ3) is 5.21. The zero-order valence-electron chi connectivity index (χ0n) is 5.78. The van der Waals surface area contributed by atoms with Gasteiger partial charge in [0.1, 0.15) is 0 Å². The topological polar surface area (TPSA) is 115 Å². The second kappa shape index (κ2) is 4.24. The fourth-order valence-corrected chi connectivity index (χ4v) is 1.76. The predicted octanol–water partition coefficient (Wildman–Crippen LogP) is -0.315. The van der Waals surface area contributed by atoms with Crippen LogP contribution in [0.3, 0.4) is 0 Å². The Bertz CT molecular complexity index is 181. The Morgan fingerprint density at radius 2 is 1.18 bits per heavy atom. The average molecular weight is 255 g/mol. The largest absolute Gasteiger partial charge is 0.340 e. The molecule has 0 amide bonds. The van der Waals surface area contributed by atoms with E-state index in [1.54, 1.807) is 0 Å². The Hall–Kier alpha value is 0.923. The average Bonchev–Trinajstić information content (AvgIpc) is 1.59. The zero-order valence-corrected chi connectivity index (χ0v) is 10.5. The normalized spacial score (nSPS) is 12.9. The van der Waals surface area contributed by atoms with Crippen molar-refractivity contribution >= 4 is 15.2 Å². The third-order valence-electron chi connectivity index (χ3n) is 0.974. The van der Waals surface area contributed by atoms with Gasteiger partial charge in [-0.1, -0.05) is 0 Å². The molecule has 4 N–H and O–H groups in total. The summed E-state index contributed by atoms with van der Waals surface area (Å²) in [6, 6.07) is 0. The molecule has 11 heavy (non-hydrogen) atoms. The van der Waals surface area contributed by atoms with Crippen molar-refractivity contribution in [2.24, 2.45) is 0 Å². The van der Waals surface area contributed by atoms with E-state index in [-0.39, 0.29) is 19.5 Å². The van der Waals surface area contributed by atoms with E-state index in [2.05, 4.69) is 0 Å². The predicted molar refractivity (Wildman–Crippen MR) is 33.6 cm³/mol. The summed E-state index contributed by atoms with van der Waals surface area (Å²) >= 11 is 0. The molecule has 9 heteroatoms. The van der Waals surface area contributed by atoms with Crippen molar-refractivity contribution in [3.63, 3.8) is 0 Å². The van der Waals surface area contributed by atoms with Gasteiger partial charge in [-0.25, -0.2) is 0 Å². The van der Waals surface area contributed by atoms with Crippen LogP contribution < -0.4 is 0 Å². The van der Waals surface area contributed by atoms with Gasteiger partial charge >= 0.3 is 15.2 Å². The molecule has 0 atom stereocenters. The monoisotopic (exact) mass is 254 g/mol. The quantitative estimate of drug-likeness (QED) is 0.397. The first-order valence-corrected chi connectivity index (χ1v) is 5.62. The smallest absolute Gasteiger partial charge is 0.324 e. The van der Waals surface area contributed by atoms with E-state index in [9.17, 15) is 9.13 Å². The fourth-order valence-electron chi connectivity index (χ4n) is 0.196. The van der Waals surface area contributed by atoms with Gasteiger partial charge in [0.2, 0.25) is 0 Å². The first kappa shape index (κ1) is 14.4. The molecule has 0 fully saturated rings. The molecule has 0 aliphatic rings. The molecule has 0 aromatic carbocycles. The molecule has 64 valence electrons. The molecule has 0 spiro atoms. The van der Waals surface area contributed by atoms with Crippen molar-refractivity contribution < 1.29 is 48.2 Å². The van der Waals surface area contributed by atoms with Gasteiger partial charge in [-0.05, 0) is 6.92 Å². The Morgan fingerprint density at radius 1 is 1.00 bits per heavy atom. The van der Waals surface area contributed by atoms with Crippen molar-refractivity contribution in [3.8, 4) is 0 Å². The molecule has 0 saturated heterocycles. The molecule has 0 rings (SSSR count). The summed E-state index contributed by atoms with van der Waals surface area (Å²) in [4.78, 5) is 33.0. The Labute approximate surface area is 76.1 Å². The molecule has 0 saturated carbocycles. The number of rotatable bonds is 2. The van der Waals surface area contributed by atoms with Crippen LogP contribution in [0.4, 0.5) is 0 Å². The summed E-state index contributed by atoms with van der Waals surface area (Å²) in [7, 11) is -9.28. The molecule has 0 unspecified atom stereocenters. The van der Waals surface area contributed by atoms with E-state index in [1.165, 1.54) is 0 Å². The minimum Gasteiger partial charge on any atom is -0.324 e. The summed E-state index contributed by atoms with van der Waals surface area (Å²) in [5, 5.41) is -1.90. The van der Waals surface area contributed by atoms with Crippen molar-refractivity contribution in [3.05, 3.63) is 0 Å². The number of hydrogen-bond donors (Lipinski definition) is 4.